The summed E-state index contributed by atoms with van der Waals surface area (Å²) in [5, 5.41) is 2.76. The second-order valence-corrected chi connectivity index (χ2v) is 8.14. The molecule has 0 aliphatic rings. The lowest BCUT2D eigenvalue weighted by Gasteiger charge is -2.13. The zero-order valence-electron chi connectivity index (χ0n) is 15.5. The molecule has 0 saturated carbocycles. The van der Waals surface area contributed by atoms with E-state index in [9.17, 15) is 13.2 Å². The van der Waals surface area contributed by atoms with Gasteiger partial charge in [0.2, 0.25) is 15.9 Å². The van der Waals surface area contributed by atoms with Gasteiger partial charge in [-0.1, -0.05) is 12.1 Å². The summed E-state index contributed by atoms with van der Waals surface area (Å²) in [7, 11) is 0.248. The number of rotatable bonds is 7. The molecule has 0 unspecified atom stereocenters. The molecule has 0 atom stereocenters. The quantitative estimate of drug-likeness (QED) is 0.780. The van der Waals surface area contributed by atoms with Crippen LogP contribution in [0.1, 0.15) is 17.5 Å². The maximum absolute atomic E-state index is 12.4. The third-order valence-electron chi connectivity index (χ3n) is 3.94. The average Bonchev–Trinajstić information content (AvgIpc) is 2.57. The zero-order chi connectivity index (χ0) is 19.3. The van der Waals surface area contributed by atoms with Gasteiger partial charge < -0.3 is 10.2 Å². The number of nitrogens with one attached hydrogen (secondary N) is 2. The maximum atomic E-state index is 12.4. The summed E-state index contributed by atoms with van der Waals surface area (Å²) in [5.41, 5.74) is 3.26. The molecular formula is C19H25N3O3S. The van der Waals surface area contributed by atoms with Crippen molar-refractivity contribution in [1.82, 2.24) is 4.72 Å². The Kier molecular flexibility index (Phi) is 6.39. The van der Waals surface area contributed by atoms with E-state index >= 15 is 0 Å². The van der Waals surface area contributed by atoms with Crippen molar-refractivity contribution in [3.8, 4) is 0 Å². The predicted molar refractivity (Wildman–Crippen MR) is 105 cm³/mol. The standard InChI is InChI=1S/C19H25N3O3S/c1-14-5-6-15(2)18(13-14)26(24,25)20-12-11-19(23)21-16-7-9-17(10-8-16)22(3)4/h5-10,13,20H,11-12H2,1-4H3,(H,21,23). The first-order valence-corrected chi connectivity index (χ1v) is 9.81. The molecule has 6 nitrogen and oxygen atoms in total. The number of nitrogens with zero attached hydrogens (tertiary/aromatic N) is 1. The number of anilines is 2. The molecule has 0 saturated heterocycles. The van der Waals surface area contributed by atoms with Crippen molar-refractivity contribution in [3.63, 3.8) is 0 Å². The molecule has 0 spiro atoms. The summed E-state index contributed by atoms with van der Waals surface area (Å²) in [5.74, 6) is -0.244. The van der Waals surface area contributed by atoms with Crippen molar-refractivity contribution in [2.24, 2.45) is 0 Å². The minimum absolute atomic E-state index is 0.0390. The summed E-state index contributed by atoms with van der Waals surface area (Å²) < 4.78 is 27.3. The van der Waals surface area contributed by atoms with Crippen LogP contribution < -0.4 is 14.9 Å². The molecule has 0 bridgehead atoms. The van der Waals surface area contributed by atoms with Crippen LogP contribution in [-0.4, -0.2) is 35.0 Å². The lowest BCUT2D eigenvalue weighted by Crippen LogP contribution is -2.28. The molecule has 0 radical (unpaired) electrons. The second-order valence-electron chi connectivity index (χ2n) is 6.41. The van der Waals surface area contributed by atoms with Crippen molar-refractivity contribution < 1.29 is 13.2 Å². The normalized spacial score (nSPS) is 11.2. The van der Waals surface area contributed by atoms with E-state index in [0.717, 1.165) is 11.3 Å². The molecule has 1 amide bonds. The van der Waals surface area contributed by atoms with Gasteiger partial charge in [-0.15, -0.1) is 0 Å². The molecule has 2 rings (SSSR count). The van der Waals surface area contributed by atoms with Gasteiger partial charge in [-0.05, 0) is 55.3 Å². The Morgan fingerprint density at radius 2 is 1.69 bits per heavy atom. The van der Waals surface area contributed by atoms with E-state index in [4.69, 9.17) is 0 Å². The highest BCUT2D eigenvalue weighted by Gasteiger charge is 2.17. The molecule has 2 aromatic carbocycles. The van der Waals surface area contributed by atoms with E-state index in [1.165, 1.54) is 0 Å². The summed E-state index contributed by atoms with van der Waals surface area (Å²) in [4.78, 5) is 14.2. The molecule has 26 heavy (non-hydrogen) atoms. The third kappa shape index (κ3) is 5.31. The first kappa shape index (κ1) is 19.9. The number of carbonyl (C=O) groups is 1. The molecule has 140 valence electrons. The van der Waals surface area contributed by atoms with E-state index in [1.807, 2.05) is 56.3 Å². The molecule has 0 fully saturated rings. The molecule has 2 N–H and O–H groups in total. The van der Waals surface area contributed by atoms with Gasteiger partial charge in [-0.2, -0.15) is 0 Å². The van der Waals surface area contributed by atoms with Crippen molar-refractivity contribution in [3.05, 3.63) is 53.6 Å². The van der Waals surface area contributed by atoms with Gasteiger partial charge in [0.25, 0.3) is 0 Å². The van der Waals surface area contributed by atoms with Crippen LogP contribution in [0.25, 0.3) is 0 Å². The molecule has 0 aliphatic carbocycles. The number of hydrogen-bond donors (Lipinski definition) is 2. The van der Waals surface area contributed by atoms with Gasteiger partial charge in [0, 0.05) is 38.4 Å². The third-order valence-corrected chi connectivity index (χ3v) is 5.55. The Bertz CT molecular complexity index is 875. The van der Waals surface area contributed by atoms with Crippen molar-refractivity contribution in [2.45, 2.75) is 25.2 Å². The largest absolute Gasteiger partial charge is 0.378 e. The summed E-state index contributed by atoms with van der Waals surface area (Å²) >= 11 is 0. The number of sulfonamides is 1. The molecule has 0 aliphatic heterocycles. The number of carbonyl (C=O) groups excluding carboxylic acids is 1. The average molecular weight is 375 g/mol. The smallest absolute Gasteiger partial charge is 0.240 e. The molecular weight excluding hydrogens is 350 g/mol. The summed E-state index contributed by atoms with van der Waals surface area (Å²) in [6.45, 7) is 3.63. The summed E-state index contributed by atoms with van der Waals surface area (Å²) in [6, 6.07) is 12.7. The summed E-state index contributed by atoms with van der Waals surface area (Å²) in [6.07, 6.45) is 0.0551. The minimum atomic E-state index is -3.63. The topological polar surface area (TPSA) is 78.5 Å². The van der Waals surface area contributed by atoms with Gasteiger partial charge in [0.1, 0.15) is 0 Å². The Morgan fingerprint density at radius 1 is 1.04 bits per heavy atom. The van der Waals surface area contributed by atoms with Crippen LogP contribution in [0.15, 0.2) is 47.4 Å². The monoisotopic (exact) mass is 375 g/mol. The molecule has 2 aromatic rings. The van der Waals surface area contributed by atoms with Crippen LogP contribution in [0.4, 0.5) is 11.4 Å². The molecule has 0 aromatic heterocycles. The fraction of sp³-hybridized carbons (Fsp3) is 0.316. The Hall–Kier alpha value is -2.38. The molecule has 7 heteroatoms. The van der Waals surface area contributed by atoms with Crippen molar-refractivity contribution in [2.75, 3.05) is 30.9 Å². The van der Waals surface area contributed by atoms with Crippen molar-refractivity contribution >= 4 is 27.3 Å². The van der Waals surface area contributed by atoms with Gasteiger partial charge >= 0.3 is 0 Å². The first-order chi connectivity index (χ1) is 12.2. The first-order valence-electron chi connectivity index (χ1n) is 8.33. The van der Waals surface area contributed by atoms with Gasteiger partial charge in [-0.25, -0.2) is 13.1 Å². The highest BCUT2D eigenvalue weighted by atomic mass is 32.2. The van der Waals surface area contributed by atoms with E-state index in [-0.39, 0.29) is 23.8 Å². The van der Waals surface area contributed by atoms with E-state index in [1.54, 1.807) is 19.1 Å². The fourth-order valence-corrected chi connectivity index (χ4v) is 3.80. The fourth-order valence-electron chi connectivity index (χ4n) is 2.44. The Labute approximate surface area is 155 Å². The highest BCUT2D eigenvalue weighted by Crippen LogP contribution is 2.17. The van der Waals surface area contributed by atoms with Crippen molar-refractivity contribution in [1.29, 1.82) is 0 Å². The zero-order valence-corrected chi connectivity index (χ0v) is 16.4. The number of hydrogen-bond acceptors (Lipinski definition) is 4. The van der Waals surface area contributed by atoms with Crippen LogP contribution in [0.3, 0.4) is 0 Å². The van der Waals surface area contributed by atoms with Crippen LogP contribution in [-0.2, 0) is 14.8 Å². The van der Waals surface area contributed by atoms with Crippen LogP contribution in [0.2, 0.25) is 0 Å². The van der Waals surface area contributed by atoms with Gasteiger partial charge in [0.05, 0.1) is 4.90 Å². The Balaban J connectivity index is 1.90. The van der Waals surface area contributed by atoms with Crippen LogP contribution >= 0.6 is 0 Å². The lowest BCUT2D eigenvalue weighted by molar-refractivity contribution is -0.116. The maximum Gasteiger partial charge on any atom is 0.240 e. The van der Waals surface area contributed by atoms with E-state index in [2.05, 4.69) is 10.0 Å². The van der Waals surface area contributed by atoms with Gasteiger partial charge in [0.15, 0.2) is 0 Å². The lowest BCUT2D eigenvalue weighted by atomic mass is 10.2. The van der Waals surface area contributed by atoms with E-state index < -0.39 is 10.0 Å². The predicted octanol–water partition coefficient (Wildman–Crippen LogP) is 2.68. The number of benzene rings is 2. The van der Waals surface area contributed by atoms with Gasteiger partial charge in [-0.3, -0.25) is 4.79 Å². The Morgan fingerprint density at radius 3 is 2.31 bits per heavy atom. The highest BCUT2D eigenvalue weighted by molar-refractivity contribution is 7.89. The van der Waals surface area contributed by atoms with E-state index in [0.29, 0.717) is 11.3 Å². The number of aryl methyl sites for hydroxylation is 2. The number of amides is 1. The van der Waals surface area contributed by atoms with Crippen LogP contribution in [0, 0.1) is 13.8 Å². The SMILES string of the molecule is Cc1ccc(C)c(S(=O)(=O)NCCC(=O)Nc2ccc(N(C)C)cc2)c1. The molecule has 0 heterocycles. The van der Waals surface area contributed by atoms with Crippen LogP contribution in [0.5, 0.6) is 0 Å². The second kappa shape index (κ2) is 8.33. The minimum Gasteiger partial charge on any atom is -0.378 e.